The zero-order valence-corrected chi connectivity index (χ0v) is 10.1. The molecule has 5 nitrogen and oxygen atoms in total. The molecule has 2 aliphatic heterocycles. The van der Waals surface area contributed by atoms with E-state index in [1.165, 1.54) is 0 Å². The fourth-order valence-corrected chi connectivity index (χ4v) is 3.35. The van der Waals surface area contributed by atoms with Gasteiger partial charge in [0.1, 0.15) is 0 Å². The predicted octanol–water partition coefficient (Wildman–Crippen LogP) is 1.31. The van der Waals surface area contributed by atoms with Crippen molar-refractivity contribution in [3.05, 3.63) is 0 Å². The van der Waals surface area contributed by atoms with Gasteiger partial charge in [-0.2, -0.15) is 0 Å². The van der Waals surface area contributed by atoms with Crippen LogP contribution in [0.25, 0.3) is 0 Å². The Balaban J connectivity index is 2.12. The second-order valence-electron chi connectivity index (χ2n) is 5.99. The van der Waals surface area contributed by atoms with Gasteiger partial charge in [-0.25, -0.2) is 4.79 Å². The zero-order chi connectivity index (χ0) is 12.0. The molecule has 0 bridgehead atoms. The van der Waals surface area contributed by atoms with E-state index in [-0.39, 0.29) is 16.9 Å². The Morgan fingerprint density at radius 2 is 2.25 bits per heavy atom. The average molecular weight is 228 g/mol. The van der Waals surface area contributed by atoms with Crippen LogP contribution in [0.5, 0.6) is 0 Å². The van der Waals surface area contributed by atoms with Gasteiger partial charge in [-0.3, -0.25) is 0 Å². The molecule has 2 fully saturated rings. The minimum Gasteiger partial charge on any atom is -0.448 e. The third-order valence-electron chi connectivity index (χ3n) is 3.63. The molecule has 1 spiro atoms. The normalized spacial score (nSPS) is 35.1. The van der Waals surface area contributed by atoms with Gasteiger partial charge in [-0.1, -0.05) is 20.8 Å². The summed E-state index contributed by atoms with van der Waals surface area (Å²) in [5, 5.41) is 13.7. The van der Waals surface area contributed by atoms with E-state index in [4.69, 9.17) is 9.94 Å². The molecule has 2 saturated heterocycles. The fourth-order valence-electron chi connectivity index (χ4n) is 3.35. The molecular formula is C11H20N2O3. The molecule has 2 rings (SSSR count). The second kappa shape index (κ2) is 3.60. The fraction of sp³-hybridized carbons (Fsp3) is 0.909. The van der Waals surface area contributed by atoms with Crippen LogP contribution in [0.15, 0.2) is 0 Å². The van der Waals surface area contributed by atoms with Gasteiger partial charge in [-0.15, -0.1) is 5.06 Å². The quantitative estimate of drug-likeness (QED) is 0.708. The Kier molecular flexibility index (Phi) is 2.62. The zero-order valence-electron chi connectivity index (χ0n) is 10.1. The standard InChI is InChI=1S/C11H20N2O3/c1-10(2,3)8-11(4-5-12-6-11)7-13(8)16-9(14)15/h8,12H,4-7H2,1-3H3,(H,14,15). The summed E-state index contributed by atoms with van der Waals surface area (Å²) in [7, 11) is 0. The molecule has 16 heavy (non-hydrogen) atoms. The number of carboxylic acid groups (broad SMARTS) is 1. The highest BCUT2D eigenvalue weighted by Gasteiger charge is 2.60. The number of nitrogens with one attached hydrogen (secondary N) is 1. The lowest BCUT2D eigenvalue weighted by Crippen LogP contribution is -2.69. The summed E-state index contributed by atoms with van der Waals surface area (Å²) < 4.78 is 0. The van der Waals surface area contributed by atoms with Crippen LogP contribution >= 0.6 is 0 Å². The van der Waals surface area contributed by atoms with E-state index in [2.05, 4.69) is 26.1 Å². The van der Waals surface area contributed by atoms with E-state index in [9.17, 15) is 4.79 Å². The van der Waals surface area contributed by atoms with Crippen LogP contribution in [-0.2, 0) is 4.84 Å². The maximum absolute atomic E-state index is 10.6. The van der Waals surface area contributed by atoms with Crippen molar-refractivity contribution < 1.29 is 14.7 Å². The number of rotatable bonds is 1. The molecule has 0 aromatic heterocycles. The second-order valence-corrected chi connectivity index (χ2v) is 5.99. The molecule has 0 aromatic rings. The molecule has 0 saturated carbocycles. The van der Waals surface area contributed by atoms with Crippen molar-refractivity contribution >= 4 is 6.16 Å². The Labute approximate surface area is 95.7 Å². The summed E-state index contributed by atoms with van der Waals surface area (Å²) in [4.78, 5) is 15.4. The third kappa shape index (κ3) is 1.78. The number of hydrogen-bond acceptors (Lipinski definition) is 4. The Bertz CT molecular complexity index is 292. The van der Waals surface area contributed by atoms with Crippen molar-refractivity contribution in [1.82, 2.24) is 10.4 Å². The minimum absolute atomic E-state index is 0.0275. The Hall–Kier alpha value is -0.810. The highest BCUT2D eigenvalue weighted by Crippen LogP contribution is 2.50. The highest BCUT2D eigenvalue weighted by molar-refractivity contribution is 5.56. The smallest absolute Gasteiger partial charge is 0.448 e. The molecule has 5 heteroatoms. The number of carbonyl (C=O) groups is 1. The van der Waals surface area contributed by atoms with E-state index in [1.807, 2.05) is 0 Å². The first-order valence-corrected chi connectivity index (χ1v) is 5.73. The van der Waals surface area contributed by atoms with Crippen LogP contribution in [0.4, 0.5) is 4.79 Å². The maximum atomic E-state index is 10.6. The number of nitrogens with zero attached hydrogens (tertiary/aromatic N) is 1. The van der Waals surface area contributed by atoms with Gasteiger partial charge in [0.15, 0.2) is 0 Å². The van der Waals surface area contributed by atoms with Crippen LogP contribution in [0.2, 0.25) is 0 Å². The van der Waals surface area contributed by atoms with Crippen molar-refractivity contribution in [2.75, 3.05) is 19.6 Å². The SMILES string of the molecule is CC(C)(C)C1N(OC(=O)O)CC12CCNC2. The summed E-state index contributed by atoms with van der Waals surface area (Å²) in [6, 6.07) is 0.172. The molecule has 0 aliphatic carbocycles. The van der Waals surface area contributed by atoms with Gasteiger partial charge >= 0.3 is 6.16 Å². The van der Waals surface area contributed by atoms with Gasteiger partial charge < -0.3 is 15.3 Å². The monoisotopic (exact) mass is 228 g/mol. The topological polar surface area (TPSA) is 61.8 Å². The molecule has 2 N–H and O–H groups in total. The van der Waals surface area contributed by atoms with E-state index in [0.29, 0.717) is 6.54 Å². The van der Waals surface area contributed by atoms with Gasteiger partial charge in [0, 0.05) is 18.5 Å². The minimum atomic E-state index is -1.21. The molecule has 0 radical (unpaired) electrons. The molecule has 2 atom stereocenters. The van der Waals surface area contributed by atoms with Crippen molar-refractivity contribution in [2.24, 2.45) is 10.8 Å². The van der Waals surface area contributed by atoms with Crippen LogP contribution < -0.4 is 5.32 Å². The van der Waals surface area contributed by atoms with E-state index in [1.54, 1.807) is 5.06 Å². The van der Waals surface area contributed by atoms with Crippen LogP contribution in [0.3, 0.4) is 0 Å². The highest BCUT2D eigenvalue weighted by atomic mass is 16.8. The molecular weight excluding hydrogens is 208 g/mol. The van der Waals surface area contributed by atoms with Gasteiger partial charge in [0.2, 0.25) is 0 Å². The molecule has 92 valence electrons. The molecule has 0 aromatic carbocycles. The van der Waals surface area contributed by atoms with Gasteiger partial charge in [0.05, 0.1) is 6.04 Å². The first kappa shape index (κ1) is 11.7. The first-order chi connectivity index (χ1) is 7.35. The summed E-state index contributed by atoms with van der Waals surface area (Å²) in [6.07, 6.45) is -0.107. The van der Waals surface area contributed by atoms with Crippen molar-refractivity contribution in [3.8, 4) is 0 Å². The van der Waals surface area contributed by atoms with Gasteiger partial charge in [-0.05, 0) is 18.4 Å². The Morgan fingerprint density at radius 3 is 2.69 bits per heavy atom. The lowest BCUT2D eigenvalue weighted by atomic mass is 9.62. The summed E-state index contributed by atoms with van der Waals surface area (Å²) in [6.45, 7) is 9.11. The lowest BCUT2D eigenvalue weighted by molar-refractivity contribution is -0.280. The van der Waals surface area contributed by atoms with Crippen LogP contribution in [-0.4, -0.2) is 42.0 Å². The average Bonchev–Trinajstić information content (AvgIpc) is 2.48. The predicted molar refractivity (Wildman–Crippen MR) is 59.0 cm³/mol. The molecule has 0 amide bonds. The maximum Gasteiger partial charge on any atom is 0.525 e. The molecule has 2 heterocycles. The molecule has 2 aliphatic rings. The van der Waals surface area contributed by atoms with E-state index >= 15 is 0 Å². The summed E-state index contributed by atoms with van der Waals surface area (Å²) in [5.74, 6) is 0. The largest absolute Gasteiger partial charge is 0.525 e. The Morgan fingerprint density at radius 1 is 1.56 bits per heavy atom. The van der Waals surface area contributed by atoms with Crippen molar-refractivity contribution in [3.63, 3.8) is 0 Å². The van der Waals surface area contributed by atoms with E-state index in [0.717, 1.165) is 19.5 Å². The summed E-state index contributed by atoms with van der Waals surface area (Å²) in [5.41, 5.74) is 0.230. The number of hydrogen-bond donors (Lipinski definition) is 2. The van der Waals surface area contributed by atoms with Crippen LogP contribution in [0.1, 0.15) is 27.2 Å². The van der Waals surface area contributed by atoms with Crippen molar-refractivity contribution in [1.29, 1.82) is 0 Å². The van der Waals surface area contributed by atoms with Crippen molar-refractivity contribution in [2.45, 2.75) is 33.2 Å². The van der Waals surface area contributed by atoms with Gasteiger partial charge in [0.25, 0.3) is 0 Å². The summed E-state index contributed by atoms with van der Waals surface area (Å²) >= 11 is 0. The third-order valence-corrected chi connectivity index (χ3v) is 3.63. The van der Waals surface area contributed by atoms with E-state index < -0.39 is 6.16 Å². The number of hydroxylamine groups is 2. The van der Waals surface area contributed by atoms with Crippen LogP contribution in [0, 0.1) is 10.8 Å². The molecule has 2 unspecified atom stereocenters. The first-order valence-electron chi connectivity index (χ1n) is 5.73. The lowest BCUT2D eigenvalue weighted by Gasteiger charge is -2.58.